The highest BCUT2D eigenvalue weighted by molar-refractivity contribution is 6.91. The lowest BCUT2D eigenvalue weighted by atomic mass is 10.0. The summed E-state index contributed by atoms with van der Waals surface area (Å²) in [5.74, 6) is 0.746. The summed E-state index contributed by atoms with van der Waals surface area (Å²) >= 11 is 0. The van der Waals surface area contributed by atoms with Gasteiger partial charge in [-0.1, -0.05) is 43.9 Å². The lowest BCUT2D eigenvalue weighted by molar-refractivity contribution is -0.137. The van der Waals surface area contributed by atoms with Crippen LogP contribution in [0.15, 0.2) is 42.5 Å². The molecule has 0 aromatic heterocycles. The smallest absolute Gasteiger partial charge is 0.328 e. The van der Waals surface area contributed by atoms with Crippen LogP contribution >= 0.6 is 0 Å². The summed E-state index contributed by atoms with van der Waals surface area (Å²) in [5, 5.41) is 3.13. The van der Waals surface area contributed by atoms with Crippen molar-refractivity contribution < 1.29 is 13.2 Å². The maximum Gasteiger partial charge on any atom is 0.416 e. The molecule has 2 aliphatic rings. The molecule has 0 unspecified atom stereocenters. The number of rotatable bonds is 1. The summed E-state index contributed by atoms with van der Waals surface area (Å²) in [6.45, 7) is 6.67. The van der Waals surface area contributed by atoms with Crippen LogP contribution in [0.2, 0.25) is 19.6 Å². The van der Waals surface area contributed by atoms with Gasteiger partial charge in [0.15, 0.2) is 0 Å². The van der Waals surface area contributed by atoms with Gasteiger partial charge in [-0.25, -0.2) is 4.98 Å². The molecule has 2 aliphatic heterocycles. The average Bonchev–Trinajstić information content (AvgIpc) is 2.92. The van der Waals surface area contributed by atoms with Gasteiger partial charge in [0.1, 0.15) is 5.82 Å². The third kappa shape index (κ3) is 2.43. The van der Waals surface area contributed by atoms with E-state index in [1.807, 2.05) is 24.3 Å². The van der Waals surface area contributed by atoms with E-state index in [9.17, 15) is 13.2 Å². The quantitative estimate of drug-likeness (QED) is 0.409. The second-order valence-electron chi connectivity index (χ2n) is 7.74. The van der Waals surface area contributed by atoms with E-state index in [1.165, 1.54) is 17.3 Å². The molecule has 2 nitrogen and oxygen atoms in total. The molecule has 0 saturated carbocycles. The third-order valence-electron chi connectivity index (χ3n) is 4.90. The number of pyridine rings is 1. The normalized spacial score (nSPS) is 13.2. The van der Waals surface area contributed by atoms with Gasteiger partial charge in [0.2, 0.25) is 0 Å². The van der Waals surface area contributed by atoms with E-state index < -0.39 is 19.8 Å². The van der Waals surface area contributed by atoms with E-state index >= 15 is 0 Å². The molecule has 2 aromatic rings. The zero-order valence-corrected chi connectivity index (χ0v) is 16.1. The molecule has 0 bridgehead atoms. The monoisotopic (exact) mass is 372 g/mol. The number of halogens is 3. The van der Waals surface area contributed by atoms with Gasteiger partial charge in [-0.05, 0) is 28.8 Å². The van der Waals surface area contributed by atoms with E-state index in [0.717, 1.165) is 27.7 Å². The summed E-state index contributed by atoms with van der Waals surface area (Å²) in [6.07, 6.45) is -4.36. The van der Waals surface area contributed by atoms with Crippen molar-refractivity contribution in [1.82, 2.24) is 9.55 Å². The van der Waals surface area contributed by atoms with Gasteiger partial charge < -0.3 is 4.57 Å². The standard InChI is InChI=1S/C20H19F3N2Si/c1-25-16-11-12(20(21,22)23)9-10-14(16)18(26(2,3)4)17-13-7-5-6-8-15(13)24-19(17)25/h5-11H,1-4H3. The number of fused-ring (bicyclic) bond motifs is 4. The number of aryl methyl sites for hydroxylation is 1. The molecular formula is C20H19F3N2Si. The Balaban J connectivity index is 2.26. The van der Waals surface area contributed by atoms with Crippen molar-refractivity contribution in [3.8, 4) is 11.4 Å². The molecule has 0 aliphatic carbocycles. The lowest BCUT2D eigenvalue weighted by Gasteiger charge is -2.26. The lowest BCUT2D eigenvalue weighted by Crippen LogP contribution is -2.40. The Morgan fingerprint density at radius 2 is 1.65 bits per heavy atom. The molecule has 2 aromatic carbocycles. The van der Waals surface area contributed by atoms with Crippen LogP contribution in [0.4, 0.5) is 13.2 Å². The van der Waals surface area contributed by atoms with Crippen molar-refractivity contribution in [3.63, 3.8) is 0 Å². The summed E-state index contributed by atoms with van der Waals surface area (Å²) in [4.78, 5) is 4.73. The van der Waals surface area contributed by atoms with E-state index in [1.54, 1.807) is 17.7 Å². The summed E-state index contributed by atoms with van der Waals surface area (Å²) < 4.78 is 41.5. The molecule has 4 rings (SSSR count). The van der Waals surface area contributed by atoms with E-state index in [0.29, 0.717) is 5.52 Å². The van der Waals surface area contributed by atoms with Crippen LogP contribution in [0.5, 0.6) is 0 Å². The Labute approximate surface area is 150 Å². The van der Waals surface area contributed by atoms with Gasteiger partial charge in [0.05, 0.1) is 19.2 Å². The van der Waals surface area contributed by atoms with Crippen molar-refractivity contribution in [2.75, 3.05) is 0 Å². The SMILES string of the molecule is Cn1c2nc3ccccc3c-2c([Si](C)(C)C)c2ccc(C(F)(F)F)cc21. The maximum absolute atomic E-state index is 13.2. The highest BCUT2D eigenvalue weighted by atomic mass is 28.3. The fourth-order valence-electron chi connectivity index (χ4n) is 3.79. The Kier molecular flexibility index (Phi) is 3.50. The minimum Gasteiger partial charge on any atom is -0.328 e. The fraction of sp³-hybridized carbons (Fsp3) is 0.250. The first kappa shape index (κ1) is 17.1. The van der Waals surface area contributed by atoms with Gasteiger partial charge in [0.25, 0.3) is 0 Å². The molecule has 0 fully saturated rings. The highest BCUT2D eigenvalue weighted by Gasteiger charge is 2.33. The van der Waals surface area contributed by atoms with Crippen molar-refractivity contribution in [3.05, 3.63) is 48.0 Å². The van der Waals surface area contributed by atoms with Crippen molar-refractivity contribution >= 4 is 35.1 Å². The molecule has 0 amide bonds. The molecule has 0 spiro atoms. The van der Waals surface area contributed by atoms with Crippen LogP contribution in [-0.4, -0.2) is 17.6 Å². The predicted octanol–water partition coefficient (Wildman–Crippen LogP) is 5.40. The highest BCUT2D eigenvalue weighted by Crippen LogP contribution is 2.37. The minimum atomic E-state index is -4.36. The second kappa shape index (κ2) is 5.33. The molecule has 0 saturated heterocycles. The van der Waals surface area contributed by atoms with Gasteiger partial charge in [-0.15, -0.1) is 0 Å². The molecule has 0 N–H and O–H groups in total. The van der Waals surface area contributed by atoms with Crippen LogP contribution in [0.1, 0.15) is 5.56 Å². The first-order chi connectivity index (χ1) is 12.1. The first-order valence-corrected chi connectivity index (χ1v) is 12.0. The Bertz CT molecular complexity index is 1120. The zero-order valence-electron chi connectivity index (χ0n) is 15.1. The molecule has 0 atom stereocenters. The predicted molar refractivity (Wildman–Crippen MR) is 103 cm³/mol. The molecule has 26 heavy (non-hydrogen) atoms. The first-order valence-electron chi connectivity index (χ1n) is 8.47. The molecule has 0 radical (unpaired) electrons. The van der Waals surface area contributed by atoms with Gasteiger partial charge in [0, 0.05) is 23.5 Å². The Hall–Kier alpha value is -2.34. The molecule has 134 valence electrons. The van der Waals surface area contributed by atoms with Gasteiger partial charge >= 0.3 is 6.18 Å². The maximum atomic E-state index is 13.2. The summed E-state index contributed by atoms with van der Waals surface area (Å²) in [5.41, 5.74) is 1.91. The van der Waals surface area contributed by atoms with E-state index in [4.69, 9.17) is 4.98 Å². The van der Waals surface area contributed by atoms with E-state index in [-0.39, 0.29) is 0 Å². The molecule has 6 heteroatoms. The summed E-state index contributed by atoms with van der Waals surface area (Å²) in [6, 6.07) is 12.0. The van der Waals surface area contributed by atoms with Crippen LogP contribution in [-0.2, 0) is 13.2 Å². The summed E-state index contributed by atoms with van der Waals surface area (Å²) in [7, 11) is -0.0676. The van der Waals surface area contributed by atoms with E-state index in [2.05, 4.69) is 19.6 Å². The number of nitrogens with zero attached hydrogens (tertiary/aromatic N) is 2. The fourth-order valence-corrected chi connectivity index (χ4v) is 5.80. The molecular weight excluding hydrogens is 353 g/mol. The number of alkyl halides is 3. The average molecular weight is 372 g/mol. The minimum absolute atomic E-state index is 0.576. The van der Waals surface area contributed by atoms with Crippen LogP contribution in [0.25, 0.3) is 33.2 Å². The van der Waals surface area contributed by atoms with Crippen molar-refractivity contribution in [2.24, 2.45) is 7.05 Å². The second-order valence-corrected chi connectivity index (χ2v) is 12.7. The number of hydrogen-bond acceptors (Lipinski definition) is 1. The van der Waals surface area contributed by atoms with Gasteiger partial charge in [-0.2, -0.15) is 13.2 Å². The van der Waals surface area contributed by atoms with Crippen molar-refractivity contribution in [1.29, 1.82) is 0 Å². The van der Waals surface area contributed by atoms with Crippen LogP contribution in [0.3, 0.4) is 0 Å². The topological polar surface area (TPSA) is 17.8 Å². The third-order valence-corrected chi connectivity index (χ3v) is 6.92. The van der Waals surface area contributed by atoms with Crippen LogP contribution < -0.4 is 5.19 Å². The Morgan fingerprint density at radius 3 is 2.31 bits per heavy atom. The number of hydrogen-bond donors (Lipinski definition) is 0. The number of para-hydroxylation sites is 1. The largest absolute Gasteiger partial charge is 0.416 e. The molecule has 2 heterocycles. The van der Waals surface area contributed by atoms with Crippen LogP contribution in [0, 0.1) is 0 Å². The Morgan fingerprint density at radius 1 is 0.962 bits per heavy atom. The number of aromatic nitrogens is 2. The van der Waals surface area contributed by atoms with Gasteiger partial charge in [-0.3, -0.25) is 0 Å². The van der Waals surface area contributed by atoms with Crippen molar-refractivity contribution in [2.45, 2.75) is 25.8 Å². The zero-order chi connectivity index (χ0) is 18.9. The number of benzene rings is 2.